The van der Waals surface area contributed by atoms with Crippen LogP contribution in [-0.2, 0) is 32.5 Å². The minimum atomic E-state index is -4.54. The molecule has 360 valence electrons. The third kappa shape index (κ3) is 12.3. The minimum absolute atomic E-state index is 0.0293. The molecule has 0 aliphatic carbocycles. The second kappa shape index (κ2) is 23.6. The lowest BCUT2D eigenvalue weighted by molar-refractivity contribution is -0.684. The Morgan fingerprint density at radius 2 is 0.812 bits per heavy atom. The van der Waals surface area contributed by atoms with Crippen LogP contribution in [0.25, 0.3) is 12.2 Å². The van der Waals surface area contributed by atoms with Crippen LogP contribution in [0.4, 0.5) is 11.4 Å². The summed E-state index contributed by atoms with van der Waals surface area (Å²) in [6.45, 7) is -0.0586. The van der Waals surface area contributed by atoms with Crippen molar-refractivity contribution >= 4 is 45.2 Å². The van der Waals surface area contributed by atoms with Crippen LogP contribution >= 0.6 is 0 Å². The monoisotopic (exact) mass is 960 g/mol. The lowest BCUT2D eigenvalue weighted by Gasteiger charge is -2.24. The summed E-state index contributed by atoms with van der Waals surface area (Å²) in [5, 5.41) is 2.91. The van der Waals surface area contributed by atoms with Crippen molar-refractivity contribution in [3.05, 3.63) is 156 Å². The highest BCUT2D eigenvalue weighted by Crippen LogP contribution is 2.44. The fourth-order valence-corrected chi connectivity index (χ4v) is 9.49. The van der Waals surface area contributed by atoms with E-state index in [0.29, 0.717) is 57.1 Å². The minimum Gasteiger partial charge on any atom is -0.496 e. The number of sulfone groups is 1. The van der Waals surface area contributed by atoms with Gasteiger partial charge in [-0.15, -0.1) is 0 Å². The van der Waals surface area contributed by atoms with Crippen molar-refractivity contribution in [2.45, 2.75) is 23.6 Å². The first kappa shape index (κ1) is 50.4. The van der Waals surface area contributed by atoms with Gasteiger partial charge in [0.1, 0.15) is 56.5 Å². The summed E-state index contributed by atoms with van der Waals surface area (Å²) in [7, 11) is 7.30. The number of carbonyl (C=O) groups excluding carboxylic acids is 2. The van der Waals surface area contributed by atoms with Crippen LogP contribution in [0.5, 0.6) is 46.0 Å². The van der Waals surface area contributed by atoms with E-state index in [0.717, 1.165) is 0 Å². The van der Waals surface area contributed by atoms with Gasteiger partial charge in [0.15, 0.2) is 34.6 Å². The molecule has 0 bridgehead atoms. The normalized spacial score (nSPS) is 12.2. The number of hydrogen-bond donors (Lipinski definition) is 2. The van der Waals surface area contributed by atoms with Crippen molar-refractivity contribution in [3.63, 3.8) is 0 Å². The van der Waals surface area contributed by atoms with Crippen molar-refractivity contribution in [2.24, 2.45) is 0 Å². The molecule has 2 unspecified atom stereocenters. The molecular formula is C52H56N4O12S+2. The predicted octanol–water partition coefficient (Wildman–Crippen LogP) is 7.23. The maximum Gasteiger partial charge on any atom is 0.290 e. The van der Waals surface area contributed by atoms with Gasteiger partial charge in [-0.25, -0.2) is 8.42 Å². The van der Waals surface area contributed by atoms with Gasteiger partial charge in [0.2, 0.25) is 13.1 Å². The zero-order chi connectivity index (χ0) is 49.5. The number of anilines is 2. The zero-order valence-electron chi connectivity index (χ0n) is 39.6. The third-order valence-electron chi connectivity index (χ3n) is 10.9. The van der Waals surface area contributed by atoms with E-state index in [2.05, 4.69) is 10.6 Å². The van der Waals surface area contributed by atoms with E-state index in [9.17, 15) is 9.59 Å². The molecule has 2 N–H and O–H groups in total. The second-order valence-electron chi connectivity index (χ2n) is 15.2. The van der Waals surface area contributed by atoms with Crippen molar-refractivity contribution in [1.29, 1.82) is 0 Å². The van der Waals surface area contributed by atoms with E-state index in [1.54, 1.807) is 131 Å². The van der Waals surface area contributed by atoms with Crippen LogP contribution in [0.2, 0.25) is 0 Å². The summed E-state index contributed by atoms with van der Waals surface area (Å²) >= 11 is 0. The Hall–Kier alpha value is -8.05. The lowest BCUT2D eigenvalue weighted by Crippen LogP contribution is -2.39. The molecule has 2 aromatic heterocycles. The third-order valence-corrected chi connectivity index (χ3v) is 13.2. The van der Waals surface area contributed by atoms with E-state index < -0.39 is 20.3 Å². The van der Waals surface area contributed by atoms with Gasteiger partial charge in [0.25, 0.3) is 11.8 Å². The zero-order valence-corrected chi connectivity index (χ0v) is 40.4. The fraction of sp³-hybridized carbons (Fsp3) is 0.231. The van der Waals surface area contributed by atoms with Crippen LogP contribution in [0.1, 0.15) is 32.8 Å². The molecule has 0 aliphatic heterocycles. The molecule has 0 saturated carbocycles. The average molecular weight is 961 g/mol. The quantitative estimate of drug-likeness (QED) is 0.0655. The van der Waals surface area contributed by atoms with E-state index in [1.807, 2.05) is 12.1 Å². The number of aromatic nitrogens is 2. The Morgan fingerprint density at radius 1 is 0.478 bits per heavy atom. The van der Waals surface area contributed by atoms with Gasteiger partial charge < -0.3 is 48.5 Å². The predicted molar refractivity (Wildman–Crippen MR) is 261 cm³/mol. The van der Waals surface area contributed by atoms with Crippen LogP contribution < -0.4 is 57.7 Å². The Labute approximate surface area is 402 Å². The number of nitrogens with one attached hydrogen (secondary N) is 2. The number of ether oxygens (including phenoxy) is 8. The molecule has 17 heteroatoms. The molecule has 2 heterocycles. The molecule has 2 atom stereocenters. The molecule has 4 aromatic carbocycles. The summed E-state index contributed by atoms with van der Waals surface area (Å²) in [5.74, 6) is 2.11. The summed E-state index contributed by atoms with van der Waals surface area (Å²) in [6.07, 6.45) is 13.3. The van der Waals surface area contributed by atoms with Gasteiger partial charge in [0, 0.05) is 48.5 Å². The summed E-state index contributed by atoms with van der Waals surface area (Å²) < 4.78 is 80.8. The van der Waals surface area contributed by atoms with Crippen LogP contribution in [0.3, 0.4) is 0 Å². The highest BCUT2D eigenvalue weighted by Gasteiger charge is 2.35. The van der Waals surface area contributed by atoms with E-state index in [1.165, 1.54) is 69.0 Å². The van der Waals surface area contributed by atoms with Crippen molar-refractivity contribution in [1.82, 2.24) is 0 Å². The smallest absolute Gasteiger partial charge is 0.290 e. The first-order valence-electron chi connectivity index (χ1n) is 21.4. The maximum absolute atomic E-state index is 16.0. The van der Waals surface area contributed by atoms with Crippen molar-refractivity contribution in [2.75, 3.05) is 67.5 Å². The van der Waals surface area contributed by atoms with Crippen LogP contribution in [-0.4, -0.2) is 77.1 Å². The second-order valence-corrected chi connectivity index (χ2v) is 17.3. The number of rotatable bonds is 22. The van der Waals surface area contributed by atoms with Crippen LogP contribution in [0, 0.1) is 0 Å². The summed E-state index contributed by atoms with van der Waals surface area (Å²) in [6, 6.07) is 27.1. The lowest BCUT2D eigenvalue weighted by atomic mass is 10.1. The number of methoxy groups -OCH3 is 8. The molecule has 0 aliphatic rings. The van der Waals surface area contributed by atoms with Gasteiger partial charge in [0.05, 0.1) is 79.4 Å². The van der Waals surface area contributed by atoms with E-state index >= 15 is 8.42 Å². The molecule has 0 saturated heterocycles. The molecule has 0 spiro atoms. The molecule has 69 heavy (non-hydrogen) atoms. The number of carbonyl (C=O) groups is 2. The molecule has 0 fully saturated rings. The maximum atomic E-state index is 16.0. The Bertz CT molecular complexity index is 2670. The number of hydrogen-bond acceptors (Lipinski definition) is 12. The van der Waals surface area contributed by atoms with Gasteiger partial charge in [-0.2, -0.15) is 9.13 Å². The number of nitrogens with zero attached hydrogens (tertiary/aromatic N) is 2. The summed E-state index contributed by atoms with van der Waals surface area (Å²) in [4.78, 5) is 27.0. The van der Waals surface area contributed by atoms with Crippen molar-refractivity contribution in [3.8, 4) is 46.0 Å². The Kier molecular flexibility index (Phi) is 17.2. The Balaban J connectivity index is 1.57. The molecule has 16 nitrogen and oxygen atoms in total. The average Bonchev–Trinajstić information content (AvgIpc) is 3.36. The highest BCUT2D eigenvalue weighted by atomic mass is 32.2. The molecular weight excluding hydrogens is 905 g/mol. The molecule has 6 rings (SSSR count). The standard InChI is InChI=1S/C52H54N4O12S/c1-61-37-29-45(65-5)39(46(30-37)66-6)17-21-49(35-15-19-43(63-3)41(27-35)53-51(57)33-55-23-11-9-12-24-55)69(59,60)50(22-18-40-47(67-7)31-38(62-2)32-48(40)68-8)36-16-20-44(64-4)42(28-36)54-52(58)34-56-25-13-10-14-26-56/h9-32,49-50H,33-34H2,1-8H3/p+2/b21-17+,22-18?. The fourth-order valence-electron chi connectivity index (χ4n) is 7.53. The topological polar surface area (TPSA) is 174 Å². The molecule has 6 aromatic rings. The number of pyridine rings is 2. The van der Waals surface area contributed by atoms with E-state index in [4.69, 9.17) is 37.9 Å². The van der Waals surface area contributed by atoms with Gasteiger partial charge in [-0.3, -0.25) is 9.59 Å². The SMILES string of the molecule is COc1cc(OC)c(C=CC(c2ccc(OC)c(NC(=O)C[n+]3ccccc3)c2)S(=O)(=O)C(/C=C/c2c(OC)cc(OC)cc2OC)c2ccc(OC)c(NC(=O)C[n+]3ccccc3)c2)c(OC)c1. The summed E-state index contributed by atoms with van der Waals surface area (Å²) in [5.41, 5.74) is 1.84. The van der Waals surface area contributed by atoms with Crippen molar-refractivity contribution < 1.29 is 65.0 Å². The van der Waals surface area contributed by atoms with Crippen LogP contribution in [0.15, 0.2) is 134 Å². The number of amides is 2. The van der Waals surface area contributed by atoms with Gasteiger partial charge in [-0.1, -0.05) is 36.4 Å². The van der Waals surface area contributed by atoms with Gasteiger partial charge in [-0.05, 0) is 47.5 Å². The molecule has 0 radical (unpaired) electrons. The first-order chi connectivity index (χ1) is 33.4. The van der Waals surface area contributed by atoms with E-state index in [-0.39, 0.29) is 47.4 Å². The number of benzene rings is 4. The molecule has 2 amide bonds. The largest absolute Gasteiger partial charge is 0.496 e. The highest BCUT2D eigenvalue weighted by molar-refractivity contribution is 7.92. The first-order valence-corrected chi connectivity index (χ1v) is 23.0. The van der Waals surface area contributed by atoms with Gasteiger partial charge >= 0.3 is 0 Å². The Morgan fingerprint density at radius 3 is 1.12 bits per heavy atom.